The van der Waals surface area contributed by atoms with E-state index < -0.39 is 0 Å². The predicted octanol–water partition coefficient (Wildman–Crippen LogP) is 1.13. The summed E-state index contributed by atoms with van der Waals surface area (Å²) < 4.78 is 0. The van der Waals surface area contributed by atoms with Gasteiger partial charge < -0.3 is 10.1 Å². The molecule has 1 fully saturated rings. The Hall–Kier alpha value is -0.630. The molecule has 1 rings (SSSR count). The van der Waals surface area contributed by atoms with Gasteiger partial charge in [-0.25, -0.2) is 0 Å². The summed E-state index contributed by atoms with van der Waals surface area (Å²) in [7, 11) is 0. The fourth-order valence-corrected chi connectivity index (χ4v) is 1.36. The van der Waals surface area contributed by atoms with Crippen LogP contribution in [0.15, 0.2) is 12.2 Å². The summed E-state index contributed by atoms with van der Waals surface area (Å²) in [6.07, 6.45) is 8.10. The highest BCUT2D eigenvalue weighted by Crippen LogP contribution is 2.12. The molecule has 0 aliphatic carbocycles. The van der Waals surface area contributed by atoms with Crippen LogP contribution < -0.4 is 5.32 Å². The maximum atomic E-state index is 9.98. The SMILES string of the molecule is O=CC/C=C\C1CCNCC1. The largest absolute Gasteiger partial charge is 0.317 e. The van der Waals surface area contributed by atoms with Gasteiger partial charge in [-0.15, -0.1) is 0 Å². The quantitative estimate of drug-likeness (QED) is 0.486. The minimum atomic E-state index is 0.573. The molecule has 0 aromatic heterocycles. The highest BCUT2D eigenvalue weighted by atomic mass is 16.1. The third-order valence-electron chi connectivity index (χ3n) is 2.02. The van der Waals surface area contributed by atoms with Crippen molar-refractivity contribution in [2.75, 3.05) is 13.1 Å². The second kappa shape index (κ2) is 5.08. The number of piperidine rings is 1. The summed E-state index contributed by atoms with van der Waals surface area (Å²) in [5, 5.41) is 3.30. The molecule has 0 amide bonds. The van der Waals surface area contributed by atoms with Gasteiger partial charge >= 0.3 is 0 Å². The van der Waals surface area contributed by atoms with Crippen LogP contribution in [-0.4, -0.2) is 19.4 Å². The van der Waals surface area contributed by atoms with Crippen LogP contribution in [0.3, 0.4) is 0 Å². The molecular formula is C9H15NO. The monoisotopic (exact) mass is 153 g/mol. The highest BCUT2D eigenvalue weighted by molar-refractivity contribution is 5.51. The highest BCUT2D eigenvalue weighted by Gasteiger charge is 2.08. The van der Waals surface area contributed by atoms with E-state index in [1.165, 1.54) is 12.8 Å². The number of hydrogen-bond donors (Lipinski definition) is 1. The first-order valence-corrected chi connectivity index (χ1v) is 4.24. The van der Waals surface area contributed by atoms with Crippen molar-refractivity contribution in [2.45, 2.75) is 19.3 Å². The first kappa shape index (κ1) is 8.47. The fourth-order valence-electron chi connectivity index (χ4n) is 1.36. The molecule has 1 saturated heterocycles. The minimum Gasteiger partial charge on any atom is -0.317 e. The number of carbonyl (C=O) groups excluding carboxylic acids is 1. The summed E-state index contributed by atoms with van der Waals surface area (Å²) in [5.41, 5.74) is 0. The number of nitrogens with one attached hydrogen (secondary N) is 1. The van der Waals surface area contributed by atoms with Gasteiger partial charge in [0.15, 0.2) is 0 Å². The molecule has 0 bridgehead atoms. The van der Waals surface area contributed by atoms with Crippen LogP contribution >= 0.6 is 0 Å². The lowest BCUT2D eigenvalue weighted by Crippen LogP contribution is -2.26. The van der Waals surface area contributed by atoms with E-state index in [-0.39, 0.29) is 0 Å². The number of carbonyl (C=O) groups is 1. The third-order valence-corrected chi connectivity index (χ3v) is 2.02. The van der Waals surface area contributed by atoms with Crippen LogP contribution in [0.4, 0.5) is 0 Å². The molecule has 0 saturated carbocycles. The molecular weight excluding hydrogens is 138 g/mol. The van der Waals surface area contributed by atoms with E-state index in [0.29, 0.717) is 12.3 Å². The van der Waals surface area contributed by atoms with Crippen LogP contribution in [0.25, 0.3) is 0 Å². The Labute approximate surface area is 67.7 Å². The van der Waals surface area contributed by atoms with Crippen molar-refractivity contribution in [1.29, 1.82) is 0 Å². The van der Waals surface area contributed by atoms with Crippen molar-refractivity contribution in [3.63, 3.8) is 0 Å². The first-order valence-electron chi connectivity index (χ1n) is 4.24. The van der Waals surface area contributed by atoms with Crippen LogP contribution in [0.2, 0.25) is 0 Å². The number of hydrogen-bond acceptors (Lipinski definition) is 2. The molecule has 1 N–H and O–H groups in total. The Morgan fingerprint density at radius 1 is 1.36 bits per heavy atom. The molecule has 2 heteroatoms. The third kappa shape index (κ3) is 3.33. The molecule has 0 radical (unpaired) electrons. The second-order valence-electron chi connectivity index (χ2n) is 2.92. The topological polar surface area (TPSA) is 29.1 Å². The van der Waals surface area contributed by atoms with E-state index in [1.54, 1.807) is 0 Å². The van der Waals surface area contributed by atoms with E-state index in [2.05, 4.69) is 11.4 Å². The van der Waals surface area contributed by atoms with E-state index in [9.17, 15) is 4.79 Å². The van der Waals surface area contributed by atoms with Gasteiger partial charge in [0.2, 0.25) is 0 Å². The summed E-state index contributed by atoms with van der Waals surface area (Å²) in [4.78, 5) is 9.98. The molecule has 11 heavy (non-hydrogen) atoms. The molecule has 2 nitrogen and oxygen atoms in total. The molecule has 62 valence electrons. The van der Waals surface area contributed by atoms with Crippen LogP contribution in [0.1, 0.15) is 19.3 Å². The maximum Gasteiger partial charge on any atom is 0.123 e. The smallest absolute Gasteiger partial charge is 0.123 e. The Morgan fingerprint density at radius 3 is 2.73 bits per heavy atom. The molecule has 1 aliphatic heterocycles. The maximum absolute atomic E-state index is 9.98. The summed E-state index contributed by atoms with van der Waals surface area (Å²) in [6, 6.07) is 0. The minimum absolute atomic E-state index is 0.573. The van der Waals surface area contributed by atoms with Crippen molar-refractivity contribution in [3.05, 3.63) is 12.2 Å². The van der Waals surface area contributed by atoms with Gasteiger partial charge in [-0.2, -0.15) is 0 Å². The van der Waals surface area contributed by atoms with Gasteiger partial charge in [0, 0.05) is 6.42 Å². The first-order chi connectivity index (χ1) is 5.43. The zero-order valence-electron chi connectivity index (χ0n) is 6.75. The van der Waals surface area contributed by atoms with E-state index in [0.717, 1.165) is 19.4 Å². The summed E-state index contributed by atoms with van der Waals surface area (Å²) in [6.45, 7) is 2.24. The van der Waals surface area contributed by atoms with Crippen LogP contribution in [-0.2, 0) is 4.79 Å². The molecule has 0 aromatic rings. The zero-order valence-corrected chi connectivity index (χ0v) is 6.75. The van der Waals surface area contributed by atoms with E-state index in [1.807, 2.05) is 6.08 Å². The van der Waals surface area contributed by atoms with Gasteiger partial charge in [0.25, 0.3) is 0 Å². The van der Waals surface area contributed by atoms with E-state index in [4.69, 9.17) is 0 Å². The molecule has 0 atom stereocenters. The standard InChI is InChI=1S/C9H15NO/c11-8-2-1-3-9-4-6-10-7-5-9/h1,3,8-10H,2,4-7H2/b3-1-. The summed E-state index contributed by atoms with van der Waals surface area (Å²) in [5.74, 6) is 0.705. The number of rotatable bonds is 3. The Bertz CT molecular complexity index is 136. The van der Waals surface area contributed by atoms with Crippen molar-refractivity contribution in [2.24, 2.45) is 5.92 Å². The molecule has 0 aromatic carbocycles. The average Bonchev–Trinajstić information content (AvgIpc) is 2.07. The lowest BCUT2D eigenvalue weighted by Gasteiger charge is -2.18. The Balaban J connectivity index is 2.18. The van der Waals surface area contributed by atoms with Gasteiger partial charge in [-0.3, -0.25) is 0 Å². The average molecular weight is 153 g/mol. The van der Waals surface area contributed by atoms with Gasteiger partial charge in [-0.1, -0.05) is 12.2 Å². The normalized spacial score (nSPS) is 20.7. The van der Waals surface area contributed by atoms with Crippen LogP contribution in [0.5, 0.6) is 0 Å². The van der Waals surface area contributed by atoms with Crippen LogP contribution in [0, 0.1) is 5.92 Å². The Morgan fingerprint density at radius 2 is 2.09 bits per heavy atom. The van der Waals surface area contributed by atoms with Gasteiger partial charge in [0.05, 0.1) is 0 Å². The lowest BCUT2D eigenvalue weighted by atomic mass is 9.97. The number of aldehydes is 1. The van der Waals surface area contributed by atoms with E-state index >= 15 is 0 Å². The fraction of sp³-hybridized carbons (Fsp3) is 0.667. The molecule has 1 heterocycles. The lowest BCUT2D eigenvalue weighted by molar-refractivity contribution is -0.107. The molecule has 1 aliphatic rings. The summed E-state index contributed by atoms with van der Waals surface area (Å²) >= 11 is 0. The zero-order chi connectivity index (χ0) is 7.94. The number of allylic oxidation sites excluding steroid dienone is 2. The predicted molar refractivity (Wildman–Crippen MR) is 45.4 cm³/mol. The van der Waals surface area contributed by atoms with Crippen molar-refractivity contribution < 1.29 is 4.79 Å². The van der Waals surface area contributed by atoms with Crippen molar-refractivity contribution >= 4 is 6.29 Å². The van der Waals surface area contributed by atoms with Gasteiger partial charge in [-0.05, 0) is 31.8 Å². The van der Waals surface area contributed by atoms with Crippen molar-refractivity contribution in [1.82, 2.24) is 5.32 Å². The second-order valence-corrected chi connectivity index (χ2v) is 2.92. The van der Waals surface area contributed by atoms with Crippen molar-refractivity contribution in [3.8, 4) is 0 Å². The molecule has 0 unspecified atom stereocenters. The Kier molecular flexibility index (Phi) is 3.91. The molecule has 0 spiro atoms. The van der Waals surface area contributed by atoms with Gasteiger partial charge in [0.1, 0.15) is 6.29 Å².